The molecule has 4 aromatic rings. The molecular weight excluding hydrogens is 432 g/mol. The Morgan fingerprint density at radius 1 is 1.15 bits per heavy atom. The van der Waals surface area contributed by atoms with E-state index in [1.54, 1.807) is 12.3 Å². The van der Waals surface area contributed by atoms with Gasteiger partial charge in [0.2, 0.25) is 0 Å². The number of hydrogen-bond acceptors (Lipinski definition) is 6. The van der Waals surface area contributed by atoms with E-state index in [0.29, 0.717) is 12.4 Å². The average Bonchev–Trinajstić information content (AvgIpc) is 3.37. The van der Waals surface area contributed by atoms with E-state index in [1.807, 2.05) is 55.2 Å². The monoisotopic (exact) mass is 464 g/mol. The molecule has 9 heteroatoms. The Kier molecular flexibility index (Phi) is 6.56. The number of benzene rings is 1. The van der Waals surface area contributed by atoms with Crippen LogP contribution in [0.2, 0.25) is 0 Å². The third-order valence-corrected chi connectivity index (χ3v) is 6.10. The maximum atomic E-state index is 12.5. The van der Waals surface area contributed by atoms with Gasteiger partial charge in [-0.2, -0.15) is 10.2 Å². The number of likely N-dealkylation sites (tertiary alicyclic amines) is 1. The van der Waals surface area contributed by atoms with Crippen LogP contribution in [-0.2, 0) is 16.6 Å². The van der Waals surface area contributed by atoms with Crippen molar-refractivity contribution in [2.75, 3.05) is 20.1 Å². The van der Waals surface area contributed by atoms with Gasteiger partial charge in [0.05, 0.1) is 22.3 Å². The van der Waals surface area contributed by atoms with Crippen molar-refractivity contribution in [3.05, 3.63) is 52.6 Å². The van der Waals surface area contributed by atoms with Crippen LogP contribution in [-0.4, -0.2) is 61.5 Å². The third kappa shape index (κ3) is 4.89. The normalized spacial score (nSPS) is 15.3. The molecule has 1 aromatic carbocycles. The first kappa shape index (κ1) is 23.7. The summed E-state index contributed by atoms with van der Waals surface area (Å²) in [6.07, 6.45) is 3.87. The molecule has 0 saturated carbocycles. The van der Waals surface area contributed by atoms with Crippen LogP contribution in [0, 0.1) is 0 Å². The maximum Gasteiger partial charge on any atom is 0.293 e. The van der Waals surface area contributed by atoms with Crippen molar-refractivity contribution in [3.8, 4) is 11.3 Å². The Balaban J connectivity index is 0.000000344. The van der Waals surface area contributed by atoms with E-state index < -0.39 is 0 Å². The lowest BCUT2D eigenvalue weighted by molar-refractivity contribution is -0.138. The summed E-state index contributed by atoms with van der Waals surface area (Å²) in [6, 6.07) is 9.76. The van der Waals surface area contributed by atoms with Crippen molar-refractivity contribution in [2.24, 2.45) is 7.05 Å². The topological polar surface area (TPSA) is 97.5 Å². The predicted octanol–water partition coefficient (Wildman–Crippen LogP) is 3.34. The summed E-state index contributed by atoms with van der Waals surface area (Å²) in [5, 5.41) is 10.1. The van der Waals surface area contributed by atoms with Gasteiger partial charge in [-0.3, -0.25) is 14.3 Å². The molecule has 34 heavy (non-hydrogen) atoms. The van der Waals surface area contributed by atoms with Crippen LogP contribution in [0.15, 0.2) is 41.3 Å². The van der Waals surface area contributed by atoms with Crippen LogP contribution in [0.4, 0.5) is 0 Å². The van der Waals surface area contributed by atoms with Gasteiger partial charge in [-0.25, -0.2) is 4.52 Å². The number of nitrogens with one attached hydrogen (secondary N) is 1. The molecule has 0 radical (unpaired) electrons. The van der Waals surface area contributed by atoms with Crippen LogP contribution in [0.25, 0.3) is 27.8 Å². The summed E-state index contributed by atoms with van der Waals surface area (Å²) in [5.74, 6) is 0.348. The van der Waals surface area contributed by atoms with E-state index in [1.165, 1.54) is 0 Å². The number of nitrogens with zero attached hydrogens (tertiary/aromatic N) is 5. The van der Waals surface area contributed by atoms with E-state index in [4.69, 9.17) is 5.10 Å². The third-order valence-electron chi connectivity index (χ3n) is 6.10. The second kappa shape index (κ2) is 9.42. The summed E-state index contributed by atoms with van der Waals surface area (Å²) in [5.41, 5.74) is 4.29. The lowest BCUT2D eigenvalue weighted by atomic mass is 9.93. The minimum absolute atomic E-state index is 0.0713. The number of hydrogen-bond donors (Lipinski definition) is 1. The van der Waals surface area contributed by atoms with Gasteiger partial charge in [-0.15, -0.1) is 0 Å². The predicted molar refractivity (Wildman–Crippen MR) is 132 cm³/mol. The lowest BCUT2D eigenvalue weighted by Crippen LogP contribution is -2.30. The number of piperidine rings is 1. The number of ether oxygens (including phenoxy) is 1. The van der Waals surface area contributed by atoms with Gasteiger partial charge >= 0.3 is 0 Å². The highest BCUT2D eigenvalue weighted by Gasteiger charge is 2.23. The smallest absolute Gasteiger partial charge is 0.293 e. The van der Waals surface area contributed by atoms with E-state index in [0.717, 1.165) is 59.4 Å². The average molecular weight is 465 g/mol. The number of rotatable bonds is 3. The van der Waals surface area contributed by atoms with Crippen molar-refractivity contribution in [2.45, 2.75) is 45.1 Å². The fraction of sp³-hybridized carbons (Fsp3) is 0.440. The van der Waals surface area contributed by atoms with E-state index in [9.17, 15) is 9.59 Å². The number of carbonyl (C=O) groups excluding carboxylic acids is 1. The van der Waals surface area contributed by atoms with Gasteiger partial charge in [0.25, 0.3) is 12.0 Å². The van der Waals surface area contributed by atoms with Gasteiger partial charge in [-0.1, -0.05) is 12.1 Å². The van der Waals surface area contributed by atoms with Gasteiger partial charge < -0.3 is 14.6 Å². The fourth-order valence-electron chi connectivity index (χ4n) is 4.38. The second-order valence-corrected chi connectivity index (χ2v) is 9.76. The van der Waals surface area contributed by atoms with E-state index in [-0.39, 0.29) is 11.2 Å². The highest BCUT2D eigenvalue weighted by molar-refractivity contribution is 6.03. The maximum absolute atomic E-state index is 12.5. The number of fused-ring (bicyclic) bond motifs is 3. The molecule has 0 atom stereocenters. The van der Waals surface area contributed by atoms with Crippen LogP contribution < -0.4 is 5.56 Å². The molecule has 1 aliphatic rings. The standard InChI is InChI=1S/C20H22N6O.C5H10O2/c1-24-10-7-13(8-11-24)17-12-18(27)22-20-19-14(16-6-9-21-25(16)2)4-3-5-15(19)23-26(17)20;1-5(2,3)7-4-6/h3-6,9,12-13H,7-8,10-11H2,1-2H3,(H,22,27);4H,1-3H3. The van der Waals surface area contributed by atoms with Crippen LogP contribution in [0.5, 0.6) is 0 Å². The first-order chi connectivity index (χ1) is 16.2. The zero-order valence-electron chi connectivity index (χ0n) is 20.4. The molecule has 180 valence electrons. The molecule has 1 N–H and O–H groups in total. The molecule has 3 aromatic heterocycles. The summed E-state index contributed by atoms with van der Waals surface area (Å²) in [7, 11) is 4.07. The van der Waals surface area contributed by atoms with Gasteiger partial charge in [0, 0.05) is 30.8 Å². The van der Waals surface area contributed by atoms with Crippen LogP contribution in [0.1, 0.15) is 45.2 Å². The fourth-order valence-corrected chi connectivity index (χ4v) is 4.38. The summed E-state index contributed by atoms with van der Waals surface area (Å²) in [4.78, 5) is 27.5. The summed E-state index contributed by atoms with van der Waals surface area (Å²) < 4.78 is 8.34. The van der Waals surface area contributed by atoms with Gasteiger partial charge in [0.1, 0.15) is 11.2 Å². The second-order valence-electron chi connectivity index (χ2n) is 9.76. The molecule has 0 aliphatic carbocycles. The molecule has 1 saturated heterocycles. The first-order valence-corrected chi connectivity index (χ1v) is 11.5. The highest BCUT2D eigenvalue weighted by Crippen LogP contribution is 2.33. The Hall–Kier alpha value is -3.46. The van der Waals surface area contributed by atoms with Crippen LogP contribution >= 0.6 is 0 Å². The molecule has 4 heterocycles. The van der Waals surface area contributed by atoms with Gasteiger partial charge in [0.15, 0.2) is 0 Å². The molecule has 1 fully saturated rings. The summed E-state index contributed by atoms with van der Waals surface area (Å²) >= 11 is 0. The van der Waals surface area contributed by atoms with E-state index in [2.05, 4.69) is 32.8 Å². The number of aryl methyl sites for hydroxylation is 1. The molecule has 0 spiro atoms. The minimum atomic E-state index is -0.318. The molecular formula is C25H32N6O3. The number of carbonyl (C=O) groups is 1. The van der Waals surface area contributed by atoms with Crippen molar-refractivity contribution in [1.29, 1.82) is 0 Å². The van der Waals surface area contributed by atoms with Crippen molar-refractivity contribution in [3.63, 3.8) is 0 Å². The number of aromatic nitrogens is 5. The Labute approximate surface area is 198 Å². The molecule has 0 unspecified atom stereocenters. The Bertz CT molecular complexity index is 1350. The van der Waals surface area contributed by atoms with Crippen LogP contribution in [0.3, 0.4) is 0 Å². The Morgan fingerprint density at radius 2 is 1.88 bits per heavy atom. The quantitative estimate of drug-likeness (QED) is 0.467. The zero-order chi connectivity index (χ0) is 24.5. The highest BCUT2D eigenvalue weighted by atomic mass is 16.5. The number of aromatic amines is 1. The largest absolute Gasteiger partial charge is 0.462 e. The molecule has 0 amide bonds. The van der Waals surface area contributed by atoms with Gasteiger partial charge in [-0.05, 0) is 65.9 Å². The molecule has 1 aliphatic heterocycles. The van der Waals surface area contributed by atoms with Crippen molar-refractivity contribution in [1.82, 2.24) is 29.3 Å². The van der Waals surface area contributed by atoms with Crippen molar-refractivity contribution < 1.29 is 9.53 Å². The SMILES string of the molecule is CC(C)(C)OC=O.CN1CCC(c2cc(=O)[nH]c3c4c(-c5ccnn5C)cccc4nn23)CC1. The van der Waals surface area contributed by atoms with Crippen molar-refractivity contribution >= 4 is 23.0 Å². The molecule has 9 nitrogen and oxygen atoms in total. The van der Waals surface area contributed by atoms with E-state index >= 15 is 0 Å². The summed E-state index contributed by atoms with van der Waals surface area (Å²) in [6.45, 7) is 8.00. The molecule has 0 bridgehead atoms. The first-order valence-electron chi connectivity index (χ1n) is 11.5. The zero-order valence-corrected chi connectivity index (χ0v) is 20.4. The minimum Gasteiger partial charge on any atom is -0.462 e. The lowest BCUT2D eigenvalue weighted by Gasteiger charge is -2.29. The molecule has 5 rings (SSSR count). The Morgan fingerprint density at radius 3 is 2.47 bits per heavy atom. The number of H-pyrrole nitrogens is 1.